The van der Waals surface area contributed by atoms with E-state index in [4.69, 9.17) is 0 Å². The Kier molecular flexibility index (Phi) is 6.70. The van der Waals surface area contributed by atoms with Gasteiger partial charge in [-0.3, -0.25) is 9.69 Å². The number of halogens is 2. The minimum atomic E-state index is -4.08. The van der Waals surface area contributed by atoms with E-state index in [9.17, 15) is 22.0 Å². The molecule has 2 rings (SSSR count). The minimum Gasteiger partial charge on any atom is -0.353 e. The number of nitrogens with zero attached hydrogens (tertiary/aromatic N) is 2. The number of rotatable bonds is 6. The Balaban J connectivity index is 1.99. The summed E-state index contributed by atoms with van der Waals surface area (Å²) in [6.07, 6.45) is 1.03. The van der Waals surface area contributed by atoms with Crippen LogP contribution < -0.4 is 5.32 Å². The summed E-state index contributed by atoms with van der Waals surface area (Å²) in [4.78, 5) is 13.1. The van der Waals surface area contributed by atoms with Crippen molar-refractivity contribution >= 4 is 15.9 Å². The molecule has 0 saturated carbocycles. The van der Waals surface area contributed by atoms with E-state index in [1.165, 1.54) is 4.31 Å². The molecule has 9 heteroatoms. The topological polar surface area (TPSA) is 69.7 Å². The highest BCUT2D eigenvalue weighted by Crippen LogP contribution is 2.25. The summed E-state index contributed by atoms with van der Waals surface area (Å²) in [5.41, 5.74) is 0. The lowest BCUT2D eigenvalue weighted by Crippen LogP contribution is -2.48. The second-order valence-corrected chi connectivity index (χ2v) is 8.75. The summed E-state index contributed by atoms with van der Waals surface area (Å²) in [6.45, 7) is 4.38. The molecule has 1 heterocycles. The Hall–Kier alpha value is -1.58. The SMILES string of the molecule is CC(C)NC(=O)CN(C)C1CCN(S(=O)(=O)c2cc(F)ccc2F)CC1. The molecule has 1 aliphatic rings. The number of piperidine rings is 1. The van der Waals surface area contributed by atoms with Crippen molar-refractivity contribution in [1.29, 1.82) is 0 Å². The molecule has 1 N–H and O–H groups in total. The Labute approximate surface area is 153 Å². The maximum atomic E-state index is 13.8. The highest BCUT2D eigenvalue weighted by Gasteiger charge is 2.33. The van der Waals surface area contributed by atoms with Gasteiger partial charge in [0, 0.05) is 25.2 Å². The van der Waals surface area contributed by atoms with Crippen LogP contribution in [0.15, 0.2) is 23.1 Å². The monoisotopic (exact) mass is 389 g/mol. The third-order valence-electron chi connectivity index (χ3n) is 4.40. The summed E-state index contributed by atoms with van der Waals surface area (Å²) < 4.78 is 53.5. The summed E-state index contributed by atoms with van der Waals surface area (Å²) >= 11 is 0. The second kappa shape index (κ2) is 8.41. The zero-order chi connectivity index (χ0) is 19.5. The number of sulfonamides is 1. The molecule has 26 heavy (non-hydrogen) atoms. The minimum absolute atomic E-state index is 0.0525. The molecule has 0 unspecified atom stereocenters. The number of carbonyl (C=O) groups is 1. The van der Waals surface area contributed by atoms with Crippen molar-refractivity contribution in [2.45, 2.75) is 43.7 Å². The Morgan fingerprint density at radius 3 is 2.50 bits per heavy atom. The van der Waals surface area contributed by atoms with Gasteiger partial charge in [-0.25, -0.2) is 17.2 Å². The molecule has 0 aliphatic carbocycles. The van der Waals surface area contributed by atoms with E-state index in [2.05, 4.69) is 5.32 Å². The van der Waals surface area contributed by atoms with Gasteiger partial charge in [0.1, 0.15) is 16.5 Å². The van der Waals surface area contributed by atoms with E-state index in [0.717, 1.165) is 12.1 Å². The largest absolute Gasteiger partial charge is 0.353 e. The first-order valence-corrected chi connectivity index (χ1v) is 10.00. The summed E-state index contributed by atoms with van der Waals surface area (Å²) in [5.74, 6) is -1.84. The number of hydrogen-bond acceptors (Lipinski definition) is 4. The van der Waals surface area contributed by atoms with Crippen molar-refractivity contribution < 1.29 is 22.0 Å². The van der Waals surface area contributed by atoms with Gasteiger partial charge in [0.15, 0.2) is 0 Å². The fourth-order valence-electron chi connectivity index (χ4n) is 3.06. The number of amides is 1. The fraction of sp³-hybridized carbons (Fsp3) is 0.588. The average Bonchev–Trinajstić information content (AvgIpc) is 2.56. The van der Waals surface area contributed by atoms with Crippen LogP contribution in [-0.4, -0.2) is 62.3 Å². The van der Waals surface area contributed by atoms with Gasteiger partial charge in [-0.2, -0.15) is 4.31 Å². The molecular weight excluding hydrogens is 364 g/mol. The number of carbonyl (C=O) groups excluding carboxylic acids is 1. The van der Waals surface area contributed by atoms with Crippen molar-refractivity contribution in [1.82, 2.24) is 14.5 Å². The average molecular weight is 389 g/mol. The molecule has 0 spiro atoms. The van der Waals surface area contributed by atoms with Gasteiger partial charge < -0.3 is 5.32 Å². The van der Waals surface area contributed by atoms with E-state index < -0.39 is 26.6 Å². The molecule has 1 fully saturated rings. The molecule has 1 amide bonds. The van der Waals surface area contributed by atoms with E-state index >= 15 is 0 Å². The fourth-order valence-corrected chi connectivity index (χ4v) is 4.61. The maximum absolute atomic E-state index is 13.8. The second-order valence-electron chi connectivity index (χ2n) is 6.85. The lowest BCUT2D eigenvalue weighted by Gasteiger charge is -2.36. The van der Waals surface area contributed by atoms with E-state index in [-0.39, 0.29) is 37.6 Å². The summed E-state index contributed by atoms with van der Waals surface area (Å²) in [5, 5.41) is 2.81. The van der Waals surface area contributed by atoms with Crippen molar-refractivity contribution in [3.8, 4) is 0 Å². The molecule has 1 aromatic rings. The van der Waals surface area contributed by atoms with Crippen LogP contribution in [0.2, 0.25) is 0 Å². The first-order chi connectivity index (χ1) is 12.1. The van der Waals surface area contributed by atoms with Gasteiger partial charge in [0.2, 0.25) is 15.9 Å². The van der Waals surface area contributed by atoms with E-state index in [0.29, 0.717) is 18.9 Å². The van der Waals surface area contributed by atoms with E-state index in [1.54, 1.807) is 0 Å². The highest BCUT2D eigenvalue weighted by atomic mass is 32.2. The number of likely N-dealkylation sites (N-methyl/N-ethyl adjacent to an activating group) is 1. The van der Waals surface area contributed by atoms with Crippen LogP contribution in [0.4, 0.5) is 8.78 Å². The first kappa shape index (κ1) is 20.7. The van der Waals surface area contributed by atoms with Crippen molar-refractivity contribution in [3.05, 3.63) is 29.8 Å². The van der Waals surface area contributed by atoms with Gasteiger partial charge in [0.25, 0.3) is 0 Å². The van der Waals surface area contributed by atoms with E-state index in [1.807, 2.05) is 25.8 Å². The van der Waals surface area contributed by atoms with Crippen LogP contribution in [0.3, 0.4) is 0 Å². The number of benzene rings is 1. The third-order valence-corrected chi connectivity index (χ3v) is 6.31. The lowest BCUT2D eigenvalue weighted by molar-refractivity contribution is -0.123. The summed E-state index contributed by atoms with van der Waals surface area (Å²) in [6, 6.07) is 2.52. The lowest BCUT2D eigenvalue weighted by atomic mass is 10.1. The van der Waals surface area contributed by atoms with Gasteiger partial charge >= 0.3 is 0 Å². The number of nitrogens with one attached hydrogen (secondary N) is 1. The van der Waals surface area contributed by atoms with Crippen molar-refractivity contribution in [2.24, 2.45) is 0 Å². The highest BCUT2D eigenvalue weighted by molar-refractivity contribution is 7.89. The smallest absolute Gasteiger partial charge is 0.246 e. The Morgan fingerprint density at radius 1 is 1.31 bits per heavy atom. The maximum Gasteiger partial charge on any atom is 0.246 e. The first-order valence-electron chi connectivity index (χ1n) is 8.56. The van der Waals surface area contributed by atoms with Crippen LogP contribution in [0.25, 0.3) is 0 Å². The molecule has 0 radical (unpaired) electrons. The molecule has 1 saturated heterocycles. The van der Waals surface area contributed by atoms with Crippen LogP contribution in [0.1, 0.15) is 26.7 Å². The molecule has 0 aromatic heterocycles. The summed E-state index contributed by atoms with van der Waals surface area (Å²) in [7, 11) is -2.26. The number of hydrogen-bond donors (Lipinski definition) is 1. The molecule has 6 nitrogen and oxygen atoms in total. The zero-order valence-corrected chi connectivity index (χ0v) is 16.0. The molecule has 1 aromatic carbocycles. The molecule has 0 atom stereocenters. The van der Waals surface area contributed by atoms with Gasteiger partial charge in [-0.05, 0) is 51.9 Å². The molecule has 146 valence electrons. The zero-order valence-electron chi connectivity index (χ0n) is 15.2. The molecular formula is C17H25F2N3O3S. The van der Waals surface area contributed by atoms with Gasteiger partial charge in [-0.1, -0.05) is 0 Å². The van der Waals surface area contributed by atoms with Crippen LogP contribution >= 0.6 is 0 Å². The normalized spacial score (nSPS) is 17.0. The van der Waals surface area contributed by atoms with Crippen LogP contribution in [0, 0.1) is 11.6 Å². The van der Waals surface area contributed by atoms with Crippen molar-refractivity contribution in [3.63, 3.8) is 0 Å². The standard InChI is InChI=1S/C17H25F2N3O3S/c1-12(2)20-17(23)11-21(3)14-6-8-22(9-7-14)26(24,25)16-10-13(18)4-5-15(16)19/h4-5,10,12,14H,6-9,11H2,1-3H3,(H,20,23). The third kappa shape index (κ3) is 4.99. The predicted octanol–water partition coefficient (Wildman–Crippen LogP) is 1.57. The van der Waals surface area contributed by atoms with Gasteiger partial charge in [0.05, 0.1) is 6.54 Å². The van der Waals surface area contributed by atoms with Crippen molar-refractivity contribution in [2.75, 3.05) is 26.7 Å². The Morgan fingerprint density at radius 2 is 1.92 bits per heavy atom. The predicted molar refractivity (Wildman–Crippen MR) is 94.0 cm³/mol. The van der Waals surface area contributed by atoms with Crippen LogP contribution in [-0.2, 0) is 14.8 Å². The van der Waals surface area contributed by atoms with Gasteiger partial charge in [-0.15, -0.1) is 0 Å². The van der Waals surface area contributed by atoms with Crippen LogP contribution in [0.5, 0.6) is 0 Å². The molecule has 0 bridgehead atoms. The Bertz CT molecular complexity index is 748. The quantitative estimate of drug-likeness (QED) is 0.802. The molecule has 1 aliphatic heterocycles.